The second kappa shape index (κ2) is 5.89. The summed E-state index contributed by atoms with van der Waals surface area (Å²) >= 11 is 6.09. The molecule has 2 aromatic carbocycles. The summed E-state index contributed by atoms with van der Waals surface area (Å²) in [5, 5.41) is 0.485. The number of aryl methyl sites for hydroxylation is 1. The van der Waals surface area contributed by atoms with Crippen molar-refractivity contribution >= 4 is 23.2 Å². The lowest BCUT2D eigenvalue weighted by Crippen LogP contribution is -2.30. The zero-order chi connectivity index (χ0) is 13.8. The van der Waals surface area contributed by atoms with Gasteiger partial charge < -0.3 is 4.90 Å². The van der Waals surface area contributed by atoms with Crippen molar-refractivity contribution in [2.24, 2.45) is 0 Å². The average Bonchev–Trinajstić information content (AvgIpc) is 2.40. The molecule has 0 spiro atoms. The van der Waals surface area contributed by atoms with Crippen molar-refractivity contribution in [1.29, 1.82) is 0 Å². The van der Waals surface area contributed by atoms with Crippen molar-refractivity contribution in [3.05, 3.63) is 64.7 Å². The van der Waals surface area contributed by atoms with Crippen LogP contribution in [-0.2, 0) is 0 Å². The Morgan fingerprint density at radius 3 is 2.53 bits per heavy atom. The van der Waals surface area contributed by atoms with Crippen LogP contribution in [-0.4, -0.2) is 12.5 Å². The van der Waals surface area contributed by atoms with E-state index >= 15 is 0 Å². The van der Waals surface area contributed by atoms with E-state index in [-0.39, 0.29) is 5.91 Å². The Hall–Kier alpha value is -1.80. The minimum absolute atomic E-state index is 0.0706. The van der Waals surface area contributed by atoms with Crippen LogP contribution in [0.4, 0.5) is 5.69 Å². The van der Waals surface area contributed by atoms with Crippen LogP contribution >= 0.6 is 11.6 Å². The molecule has 98 valence electrons. The van der Waals surface area contributed by atoms with Crippen LogP contribution in [0.15, 0.2) is 48.5 Å². The van der Waals surface area contributed by atoms with E-state index in [2.05, 4.69) is 0 Å². The highest BCUT2D eigenvalue weighted by Gasteiger charge is 2.18. The predicted molar refractivity (Wildman–Crippen MR) is 80.0 cm³/mol. The highest BCUT2D eigenvalue weighted by molar-refractivity contribution is 6.34. The van der Waals surface area contributed by atoms with E-state index in [1.165, 1.54) is 0 Å². The number of halogens is 1. The third-order valence-corrected chi connectivity index (χ3v) is 3.31. The van der Waals surface area contributed by atoms with Gasteiger partial charge in [-0.25, -0.2) is 0 Å². The fourth-order valence-corrected chi connectivity index (χ4v) is 2.24. The molecule has 0 saturated carbocycles. The zero-order valence-corrected chi connectivity index (χ0v) is 11.8. The molecule has 2 rings (SSSR count). The fourth-order valence-electron chi connectivity index (χ4n) is 2.02. The molecule has 0 saturated heterocycles. The first kappa shape index (κ1) is 13.6. The molecular formula is C16H16ClNO. The van der Waals surface area contributed by atoms with Crippen LogP contribution in [0.5, 0.6) is 0 Å². The van der Waals surface area contributed by atoms with Gasteiger partial charge in [-0.15, -0.1) is 0 Å². The first-order valence-electron chi connectivity index (χ1n) is 6.26. The van der Waals surface area contributed by atoms with Crippen molar-refractivity contribution in [1.82, 2.24) is 0 Å². The number of anilines is 1. The van der Waals surface area contributed by atoms with Gasteiger partial charge in [0.15, 0.2) is 0 Å². The Kier molecular flexibility index (Phi) is 4.23. The molecule has 0 aliphatic rings. The lowest BCUT2D eigenvalue weighted by atomic mass is 10.1. The van der Waals surface area contributed by atoms with E-state index in [9.17, 15) is 4.79 Å². The van der Waals surface area contributed by atoms with Gasteiger partial charge in [-0.3, -0.25) is 4.79 Å². The van der Waals surface area contributed by atoms with E-state index < -0.39 is 0 Å². The Bertz CT molecular complexity index is 595. The van der Waals surface area contributed by atoms with E-state index in [0.717, 1.165) is 11.3 Å². The Balaban J connectivity index is 2.38. The van der Waals surface area contributed by atoms with Gasteiger partial charge in [0, 0.05) is 12.2 Å². The minimum atomic E-state index is -0.0706. The molecule has 1 amide bonds. The molecule has 0 atom stereocenters. The molecule has 0 fully saturated rings. The number of amides is 1. The number of carbonyl (C=O) groups excluding carboxylic acids is 1. The molecule has 0 heterocycles. The van der Waals surface area contributed by atoms with Crippen molar-refractivity contribution < 1.29 is 4.79 Å². The third kappa shape index (κ3) is 2.96. The van der Waals surface area contributed by atoms with Crippen LogP contribution in [0, 0.1) is 6.92 Å². The van der Waals surface area contributed by atoms with E-state index in [4.69, 9.17) is 11.6 Å². The summed E-state index contributed by atoms with van der Waals surface area (Å²) in [6.45, 7) is 4.57. The highest BCUT2D eigenvalue weighted by atomic mass is 35.5. The van der Waals surface area contributed by atoms with Crippen molar-refractivity contribution in [3.63, 3.8) is 0 Å². The number of rotatable bonds is 3. The average molecular weight is 274 g/mol. The van der Waals surface area contributed by atoms with Crippen molar-refractivity contribution in [3.8, 4) is 0 Å². The summed E-state index contributed by atoms with van der Waals surface area (Å²) in [6, 6.07) is 15.0. The summed E-state index contributed by atoms with van der Waals surface area (Å²) in [7, 11) is 0. The van der Waals surface area contributed by atoms with E-state index in [1.54, 1.807) is 17.0 Å². The minimum Gasteiger partial charge on any atom is -0.309 e. The first-order chi connectivity index (χ1) is 9.13. The van der Waals surface area contributed by atoms with Crippen molar-refractivity contribution in [2.75, 3.05) is 11.4 Å². The van der Waals surface area contributed by atoms with Gasteiger partial charge in [0.2, 0.25) is 0 Å². The van der Waals surface area contributed by atoms with Gasteiger partial charge in [-0.05, 0) is 43.7 Å². The van der Waals surface area contributed by atoms with Crippen LogP contribution < -0.4 is 4.90 Å². The zero-order valence-electron chi connectivity index (χ0n) is 11.1. The van der Waals surface area contributed by atoms with Gasteiger partial charge >= 0.3 is 0 Å². The van der Waals surface area contributed by atoms with Gasteiger partial charge in [0.1, 0.15) is 0 Å². The number of benzene rings is 2. The van der Waals surface area contributed by atoms with Crippen molar-refractivity contribution in [2.45, 2.75) is 13.8 Å². The molecule has 0 aliphatic heterocycles. The maximum Gasteiger partial charge on any atom is 0.259 e. The smallest absolute Gasteiger partial charge is 0.259 e. The second-order valence-corrected chi connectivity index (χ2v) is 4.78. The molecule has 0 radical (unpaired) electrons. The summed E-state index contributed by atoms with van der Waals surface area (Å²) in [5.74, 6) is -0.0706. The Morgan fingerprint density at radius 1 is 1.16 bits per heavy atom. The molecule has 0 aromatic heterocycles. The molecule has 2 aromatic rings. The van der Waals surface area contributed by atoms with Crippen LogP contribution in [0.1, 0.15) is 22.8 Å². The lowest BCUT2D eigenvalue weighted by Gasteiger charge is -2.22. The fraction of sp³-hybridized carbons (Fsp3) is 0.188. The molecular weight excluding hydrogens is 258 g/mol. The number of nitrogens with zero attached hydrogens (tertiary/aromatic N) is 1. The molecule has 0 aliphatic carbocycles. The van der Waals surface area contributed by atoms with Crippen LogP contribution in [0.25, 0.3) is 0 Å². The summed E-state index contributed by atoms with van der Waals surface area (Å²) in [6.07, 6.45) is 0. The largest absolute Gasteiger partial charge is 0.309 e. The maximum atomic E-state index is 12.5. The number of carbonyl (C=O) groups is 1. The summed E-state index contributed by atoms with van der Waals surface area (Å²) in [5.41, 5.74) is 2.56. The maximum absolute atomic E-state index is 12.5. The predicted octanol–water partition coefficient (Wildman–Crippen LogP) is 4.32. The molecule has 0 unspecified atom stereocenters. The van der Waals surface area contributed by atoms with Gasteiger partial charge in [0.25, 0.3) is 5.91 Å². The molecule has 3 heteroatoms. The molecule has 2 nitrogen and oxygen atoms in total. The number of hydrogen-bond donors (Lipinski definition) is 0. The van der Waals surface area contributed by atoms with Gasteiger partial charge in [0.05, 0.1) is 10.6 Å². The Morgan fingerprint density at radius 2 is 1.89 bits per heavy atom. The normalized spacial score (nSPS) is 10.3. The van der Waals surface area contributed by atoms with Gasteiger partial charge in [-0.2, -0.15) is 0 Å². The van der Waals surface area contributed by atoms with E-state index in [0.29, 0.717) is 17.1 Å². The highest BCUT2D eigenvalue weighted by Crippen LogP contribution is 2.22. The molecule has 19 heavy (non-hydrogen) atoms. The standard InChI is InChI=1S/C16H16ClNO/c1-3-18(13-8-6-7-12(2)11-13)16(19)14-9-4-5-10-15(14)17/h4-11H,3H2,1-2H3. The summed E-state index contributed by atoms with van der Waals surface area (Å²) < 4.78 is 0. The first-order valence-corrected chi connectivity index (χ1v) is 6.64. The molecule has 0 N–H and O–H groups in total. The van der Waals surface area contributed by atoms with E-state index in [1.807, 2.05) is 50.2 Å². The van der Waals surface area contributed by atoms with Gasteiger partial charge in [-0.1, -0.05) is 35.9 Å². The quantitative estimate of drug-likeness (QED) is 0.816. The van der Waals surface area contributed by atoms with Crippen LogP contribution in [0.2, 0.25) is 5.02 Å². The SMILES string of the molecule is CCN(C(=O)c1ccccc1Cl)c1cccc(C)c1. The monoisotopic (exact) mass is 273 g/mol. The lowest BCUT2D eigenvalue weighted by molar-refractivity contribution is 0.0988. The molecule has 0 bridgehead atoms. The van der Waals surface area contributed by atoms with Crippen LogP contribution in [0.3, 0.4) is 0 Å². The topological polar surface area (TPSA) is 20.3 Å². The second-order valence-electron chi connectivity index (χ2n) is 4.37. The third-order valence-electron chi connectivity index (χ3n) is 2.98. The Labute approximate surface area is 118 Å². The number of hydrogen-bond acceptors (Lipinski definition) is 1. The summed E-state index contributed by atoms with van der Waals surface area (Å²) in [4.78, 5) is 14.3.